The number of hydrazine groups is 1. The van der Waals surface area contributed by atoms with Crippen molar-refractivity contribution in [3.05, 3.63) is 70.8 Å². The van der Waals surface area contributed by atoms with Gasteiger partial charge in [-0.15, -0.1) is 0 Å². The lowest BCUT2D eigenvalue weighted by molar-refractivity contribution is -0.157. The lowest BCUT2D eigenvalue weighted by Gasteiger charge is -2.60. The van der Waals surface area contributed by atoms with Gasteiger partial charge in [0.2, 0.25) is 0 Å². The molecule has 4 heteroatoms. The summed E-state index contributed by atoms with van der Waals surface area (Å²) in [7, 11) is 0. The van der Waals surface area contributed by atoms with E-state index < -0.39 is 0 Å². The first-order valence-corrected chi connectivity index (χ1v) is 11.7. The molecule has 161 valence electrons. The van der Waals surface area contributed by atoms with Crippen LogP contribution in [0.2, 0.25) is 0 Å². The number of nitrogens with one attached hydrogen (secondary N) is 1. The summed E-state index contributed by atoms with van der Waals surface area (Å²) < 4.78 is 0. The van der Waals surface area contributed by atoms with Gasteiger partial charge in [0.05, 0.1) is 6.04 Å². The molecule has 2 aromatic carbocycles. The van der Waals surface area contributed by atoms with Gasteiger partial charge in [-0.1, -0.05) is 68.3 Å². The molecule has 2 atom stereocenters. The summed E-state index contributed by atoms with van der Waals surface area (Å²) in [6, 6.07) is 18.2. The minimum atomic E-state index is -0.152. The number of rotatable bonds is 8. The molecule has 0 amide bonds. The Hall–Kier alpha value is -1.72. The third-order valence-electron chi connectivity index (χ3n) is 6.90. The molecule has 1 N–H and O–H groups in total. The van der Waals surface area contributed by atoms with Crippen LogP contribution in [0.15, 0.2) is 48.5 Å². The van der Waals surface area contributed by atoms with Crippen LogP contribution >= 0.6 is 0 Å². The van der Waals surface area contributed by atoms with Crippen molar-refractivity contribution >= 4 is 0 Å². The first-order valence-electron chi connectivity index (χ1n) is 11.7. The standard InChI is InChI=1S/C26H37N4/c1-4-5-9-15-28-30-17-14-26(30)25(24-13-12-21(2)22(3)19-24)29(18-16-27-26)20-23-10-7-6-8-11-23/h6-8,10-13,19,25,28H,4-5,9,14-18,20H2,1-3H3. The average Bonchev–Trinajstić information content (AvgIpc) is 2.75. The summed E-state index contributed by atoms with van der Waals surface area (Å²) in [4.78, 5) is 2.66. The zero-order valence-electron chi connectivity index (χ0n) is 18.9. The molecule has 0 bridgehead atoms. The van der Waals surface area contributed by atoms with Crippen LogP contribution in [0.1, 0.15) is 60.9 Å². The van der Waals surface area contributed by atoms with Crippen LogP contribution in [-0.2, 0) is 6.54 Å². The Morgan fingerprint density at radius 2 is 1.87 bits per heavy atom. The molecule has 2 fully saturated rings. The number of piperazine rings is 1. The molecule has 2 aliphatic heterocycles. The molecule has 30 heavy (non-hydrogen) atoms. The van der Waals surface area contributed by atoms with E-state index in [-0.39, 0.29) is 11.7 Å². The topological polar surface area (TPSA) is 32.6 Å². The lowest BCUT2D eigenvalue weighted by atomic mass is 9.80. The summed E-state index contributed by atoms with van der Waals surface area (Å²) in [6.45, 7) is 11.7. The molecule has 4 nitrogen and oxygen atoms in total. The zero-order valence-corrected chi connectivity index (χ0v) is 18.9. The normalized spacial score (nSPS) is 24.8. The maximum atomic E-state index is 5.27. The van der Waals surface area contributed by atoms with Gasteiger partial charge >= 0.3 is 0 Å². The third-order valence-corrected chi connectivity index (χ3v) is 6.90. The molecular formula is C26H37N4. The monoisotopic (exact) mass is 405 g/mol. The van der Waals surface area contributed by atoms with Gasteiger partial charge in [0, 0.05) is 32.7 Å². The number of unbranched alkanes of at least 4 members (excludes halogenated alkanes) is 2. The molecule has 2 saturated heterocycles. The maximum absolute atomic E-state index is 5.27. The fourth-order valence-electron chi connectivity index (χ4n) is 4.99. The first-order chi connectivity index (χ1) is 14.6. The highest BCUT2D eigenvalue weighted by Crippen LogP contribution is 2.45. The predicted molar refractivity (Wildman–Crippen MR) is 124 cm³/mol. The second kappa shape index (κ2) is 9.61. The Labute approximate surface area is 182 Å². The highest BCUT2D eigenvalue weighted by atomic mass is 15.6. The molecule has 2 heterocycles. The van der Waals surface area contributed by atoms with E-state index in [0.29, 0.717) is 0 Å². The van der Waals surface area contributed by atoms with Crippen molar-refractivity contribution in [2.75, 3.05) is 26.2 Å². The second-order valence-corrected chi connectivity index (χ2v) is 8.98. The van der Waals surface area contributed by atoms with Gasteiger partial charge in [-0.05, 0) is 48.9 Å². The van der Waals surface area contributed by atoms with E-state index in [9.17, 15) is 0 Å². The Morgan fingerprint density at radius 3 is 2.57 bits per heavy atom. The molecule has 2 aliphatic rings. The third kappa shape index (κ3) is 4.33. The number of hydrogen-bond donors (Lipinski definition) is 1. The SMILES string of the molecule is CCCCCNN1CCC12[N]CCN(Cc1ccccc1)C2c1ccc(C)c(C)c1. The molecule has 4 rings (SSSR count). The molecule has 1 radical (unpaired) electrons. The molecule has 2 unspecified atom stereocenters. The Kier molecular flexibility index (Phi) is 6.89. The van der Waals surface area contributed by atoms with E-state index in [4.69, 9.17) is 5.32 Å². The molecular weight excluding hydrogens is 368 g/mol. The van der Waals surface area contributed by atoms with Gasteiger partial charge in [-0.2, -0.15) is 0 Å². The van der Waals surface area contributed by atoms with E-state index in [1.165, 1.54) is 41.5 Å². The Morgan fingerprint density at radius 1 is 1.03 bits per heavy atom. The van der Waals surface area contributed by atoms with Crippen LogP contribution in [0.5, 0.6) is 0 Å². The van der Waals surface area contributed by atoms with Gasteiger partial charge in [0.1, 0.15) is 5.66 Å². The van der Waals surface area contributed by atoms with Gasteiger partial charge in [-0.25, -0.2) is 10.3 Å². The molecule has 2 aromatic rings. The Bertz CT molecular complexity index is 821. The molecule has 0 aromatic heterocycles. The van der Waals surface area contributed by atoms with Gasteiger partial charge < -0.3 is 0 Å². The van der Waals surface area contributed by atoms with Crippen LogP contribution < -0.4 is 10.7 Å². The zero-order chi connectivity index (χ0) is 21.0. The van der Waals surface area contributed by atoms with E-state index in [1.807, 2.05) is 0 Å². The van der Waals surface area contributed by atoms with Crippen molar-refractivity contribution in [3.63, 3.8) is 0 Å². The summed E-state index contributed by atoms with van der Waals surface area (Å²) in [5.41, 5.74) is 9.10. The Balaban J connectivity index is 1.62. The largest absolute Gasteiger partial charge is 0.288 e. The highest BCUT2D eigenvalue weighted by molar-refractivity contribution is 5.35. The van der Waals surface area contributed by atoms with Crippen LogP contribution in [0.25, 0.3) is 0 Å². The smallest absolute Gasteiger partial charge is 0.121 e. The van der Waals surface area contributed by atoms with Gasteiger partial charge in [0.15, 0.2) is 0 Å². The van der Waals surface area contributed by atoms with Crippen molar-refractivity contribution < 1.29 is 0 Å². The van der Waals surface area contributed by atoms with Crippen LogP contribution in [0.3, 0.4) is 0 Å². The number of benzene rings is 2. The van der Waals surface area contributed by atoms with Gasteiger partial charge in [0.25, 0.3) is 0 Å². The summed E-state index contributed by atoms with van der Waals surface area (Å²) in [5.74, 6) is 0. The van der Waals surface area contributed by atoms with Crippen molar-refractivity contribution in [1.29, 1.82) is 0 Å². The molecule has 1 spiro atoms. The van der Waals surface area contributed by atoms with Gasteiger partial charge in [-0.3, -0.25) is 10.3 Å². The van der Waals surface area contributed by atoms with Crippen LogP contribution in [0, 0.1) is 13.8 Å². The van der Waals surface area contributed by atoms with E-state index in [0.717, 1.165) is 39.1 Å². The molecule has 0 saturated carbocycles. The quantitative estimate of drug-likeness (QED) is 0.654. The van der Waals surface area contributed by atoms with Crippen molar-refractivity contribution in [3.8, 4) is 0 Å². The average molecular weight is 406 g/mol. The van der Waals surface area contributed by atoms with Crippen LogP contribution in [0.4, 0.5) is 0 Å². The van der Waals surface area contributed by atoms with Crippen molar-refractivity contribution in [2.24, 2.45) is 0 Å². The first kappa shape index (κ1) is 21.5. The summed E-state index contributed by atoms with van der Waals surface area (Å²) in [5, 5.41) is 7.71. The van der Waals surface area contributed by atoms with E-state index >= 15 is 0 Å². The second-order valence-electron chi connectivity index (χ2n) is 8.98. The predicted octanol–water partition coefficient (Wildman–Crippen LogP) is 4.56. The minimum absolute atomic E-state index is 0.152. The van der Waals surface area contributed by atoms with E-state index in [2.05, 4.69) is 84.6 Å². The number of hydrogen-bond acceptors (Lipinski definition) is 3. The maximum Gasteiger partial charge on any atom is 0.121 e. The van der Waals surface area contributed by atoms with Crippen molar-refractivity contribution in [1.82, 2.24) is 20.7 Å². The number of aryl methyl sites for hydroxylation is 2. The number of nitrogens with zero attached hydrogens (tertiary/aromatic N) is 3. The van der Waals surface area contributed by atoms with Crippen LogP contribution in [-0.4, -0.2) is 41.8 Å². The minimum Gasteiger partial charge on any atom is -0.288 e. The van der Waals surface area contributed by atoms with Crippen molar-refractivity contribution in [2.45, 2.75) is 64.7 Å². The fourth-order valence-corrected chi connectivity index (χ4v) is 4.99. The summed E-state index contributed by atoms with van der Waals surface area (Å²) >= 11 is 0. The molecule has 0 aliphatic carbocycles. The highest BCUT2D eigenvalue weighted by Gasteiger charge is 2.55. The summed E-state index contributed by atoms with van der Waals surface area (Å²) in [6.07, 6.45) is 4.89. The van der Waals surface area contributed by atoms with E-state index in [1.54, 1.807) is 0 Å². The lowest BCUT2D eigenvalue weighted by Crippen LogP contribution is -2.76. The fraction of sp³-hybridized carbons (Fsp3) is 0.538.